The van der Waals surface area contributed by atoms with Crippen molar-refractivity contribution in [2.45, 2.75) is 26.4 Å². The fourth-order valence-electron chi connectivity index (χ4n) is 1.87. The molecule has 0 spiro atoms. The molecule has 1 heterocycles. The molecular formula is C14H17FN2O. The number of benzene rings is 1. The number of aromatic nitrogens is 1. The molecule has 0 aliphatic rings. The van der Waals surface area contributed by atoms with Gasteiger partial charge in [-0.15, -0.1) is 0 Å². The van der Waals surface area contributed by atoms with Crippen molar-refractivity contribution in [2.75, 3.05) is 7.05 Å². The van der Waals surface area contributed by atoms with Crippen molar-refractivity contribution in [1.29, 1.82) is 0 Å². The summed E-state index contributed by atoms with van der Waals surface area (Å²) in [6.45, 7) is 4.66. The van der Waals surface area contributed by atoms with E-state index in [9.17, 15) is 4.39 Å². The van der Waals surface area contributed by atoms with E-state index in [0.29, 0.717) is 6.54 Å². The van der Waals surface area contributed by atoms with Gasteiger partial charge in [0, 0.05) is 12.1 Å². The Kier molecular flexibility index (Phi) is 3.77. The zero-order valence-corrected chi connectivity index (χ0v) is 10.9. The first-order valence-corrected chi connectivity index (χ1v) is 5.94. The van der Waals surface area contributed by atoms with Crippen LogP contribution in [0.3, 0.4) is 0 Å². The summed E-state index contributed by atoms with van der Waals surface area (Å²) in [6, 6.07) is 8.70. The average Bonchev–Trinajstić information content (AvgIpc) is 2.75. The van der Waals surface area contributed by atoms with Gasteiger partial charge in [0.1, 0.15) is 5.82 Å². The topological polar surface area (TPSA) is 29.3 Å². The number of halogens is 1. The molecule has 4 heteroatoms. The Hall–Kier alpha value is -1.68. The third-order valence-electron chi connectivity index (χ3n) is 3.10. The highest BCUT2D eigenvalue weighted by Gasteiger charge is 2.14. The van der Waals surface area contributed by atoms with Crippen molar-refractivity contribution in [1.82, 2.24) is 10.1 Å². The van der Waals surface area contributed by atoms with E-state index in [0.717, 1.165) is 17.0 Å². The number of nitrogens with zero attached hydrogens (tertiary/aromatic N) is 2. The Labute approximate surface area is 106 Å². The normalized spacial score (nSPS) is 12.9. The summed E-state index contributed by atoms with van der Waals surface area (Å²) in [4.78, 5) is 2.13. The third-order valence-corrected chi connectivity index (χ3v) is 3.10. The molecule has 0 aliphatic heterocycles. The van der Waals surface area contributed by atoms with Crippen molar-refractivity contribution in [3.05, 3.63) is 53.2 Å². The van der Waals surface area contributed by atoms with Gasteiger partial charge < -0.3 is 4.52 Å². The second-order valence-corrected chi connectivity index (χ2v) is 4.58. The maximum atomic E-state index is 12.9. The van der Waals surface area contributed by atoms with Crippen molar-refractivity contribution in [3.8, 4) is 0 Å². The van der Waals surface area contributed by atoms with E-state index in [1.807, 2.05) is 32.2 Å². The summed E-state index contributed by atoms with van der Waals surface area (Å²) in [5, 5.41) is 3.86. The second kappa shape index (κ2) is 5.31. The van der Waals surface area contributed by atoms with Crippen LogP contribution in [-0.4, -0.2) is 17.1 Å². The van der Waals surface area contributed by atoms with Crippen molar-refractivity contribution < 1.29 is 8.91 Å². The van der Waals surface area contributed by atoms with E-state index < -0.39 is 0 Å². The first-order chi connectivity index (χ1) is 8.56. The Morgan fingerprint density at radius 3 is 2.56 bits per heavy atom. The van der Waals surface area contributed by atoms with E-state index in [1.165, 1.54) is 12.1 Å². The fraction of sp³-hybridized carbons (Fsp3) is 0.357. The summed E-state index contributed by atoms with van der Waals surface area (Å²) >= 11 is 0. The van der Waals surface area contributed by atoms with Gasteiger partial charge in [-0.3, -0.25) is 4.90 Å². The van der Waals surface area contributed by atoms with Crippen LogP contribution in [0.2, 0.25) is 0 Å². The minimum absolute atomic E-state index is 0.191. The first-order valence-electron chi connectivity index (χ1n) is 5.94. The number of aryl methyl sites for hydroxylation is 1. The van der Waals surface area contributed by atoms with Gasteiger partial charge in [0.2, 0.25) is 0 Å². The maximum absolute atomic E-state index is 12.9. The molecule has 0 bridgehead atoms. The standard InChI is InChI=1S/C14H17FN2O/c1-10-8-14(18-16-10)9-17(3)11(2)12-4-6-13(15)7-5-12/h4-8,11H,9H2,1-3H3. The average molecular weight is 248 g/mol. The second-order valence-electron chi connectivity index (χ2n) is 4.58. The maximum Gasteiger partial charge on any atom is 0.150 e. The van der Waals surface area contributed by atoms with Crippen molar-refractivity contribution in [2.24, 2.45) is 0 Å². The van der Waals surface area contributed by atoms with E-state index >= 15 is 0 Å². The number of hydrogen-bond acceptors (Lipinski definition) is 3. The SMILES string of the molecule is Cc1cc(CN(C)C(C)c2ccc(F)cc2)on1. The molecule has 1 aromatic carbocycles. The Balaban J connectivity index is 2.04. The predicted molar refractivity (Wildman–Crippen MR) is 67.5 cm³/mol. The molecule has 96 valence electrons. The summed E-state index contributed by atoms with van der Waals surface area (Å²) in [5.74, 6) is 0.628. The van der Waals surface area contributed by atoms with Gasteiger partial charge in [0.15, 0.2) is 5.76 Å². The van der Waals surface area contributed by atoms with Crippen LogP contribution < -0.4 is 0 Å². The molecule has 0 saturated carbocycles. The molecule has 0 amide bonds. The highest BCUT2D eigenvalue weighted by atomic mass is 19.1. The molecule has 2 aromatic rings. The quantitative estimate of drug-likeness (QED) is 0.831. The van der Waals surface area contributed by atoms with Crippen LogP contribution in [0.5, 0.6) is 0 Å². The minimum atomic E-state index is -0.209. The molecule has 1 atom stereocenters. The number of hydrogen-bond donors (Lipinski definition) is 0. The zero-order valence-electron chi connectivity index (χ0n) is 10.9. The molecule has 2 rings (SSSR count). The van der Waals surface area contributed by atoms with E-state index in [4.69, 9.17) is 4.52 Å². The molecule has 0 radical (unpaired) electrons. The summed E-state index contributed by atoms with van der Waals surface area (Å²) < 4.78 is 18.1. The minimum Gasteiger partial charge on any atom is -0.360 e. The van der Waals surface area contributed by atoms with Crippen LogP contribution in [0.25, 0.3) is 0 Å². The molecular weight excluding hydrogens is 231 g/mol. The Morgan fingerprint density at radius 2 is 2.00 bits per heavy atom. The predicted octanol–water partition coefficient (Wildman–Crippen LogP) is 3.32. The lowest BCUT2D eigenvalue weighted by Gasteiger charge is -2.23. The van der Waals surface area contributed by atoms with Gasteiger partial charge in [-0.05, 0) is 38.6 Å². The largest absolute Gasteiger partial charge is 0.360 e. The van der Waals surface area contributed by atoms with E-state index in [2.05, 4.69) is 17.0 Å². The molecule has 18 heavy (non-hydrogen) atoms. The summed E-state index contributed by atoms with van der Waals surface area (Å²) in [7, 11) is 2.01. The van der Waals surface area contributed by atoms with Crippen LogP contribution in [0.15, 0.2) is 34.9 Å². The molecule has 0 fully saturated rings. The Bertz CT molecular complexity index is 507. The molecule has 3 nitrogen and oxygen atoms in total. The molecule has 0 N–H and O–H groups in total. The van der Waals surface area contributed by atoms with Crippen LogP contribution >= 0.6 is 0 Å². The third kappa shape index (κ3) is 2.96. The molecule has 1 unspecified atom stereocenters. The summed E-state index contributed by atoms with van der Waals surface area (Å²) in [6.07, 6.45) is 0. The lowest BCUT2D eigenvalue weighted by Crippen LogP contribution is -2.21. The number of rotatable bonds is 4. The molecule has 1 aromatic heterocycles. The van der Waals surface area contributed by atoms with Gasteiger partial charge in [-0.25, -0.2) is 4.39 Å². The Morgan fingerprint density at radius 1 is 1.33 bits per heavy atom. The van der Waals surface area contributed by atoms with Gasteiger partial charge in [-0.2, -0.15) is 0 Å². The van der Waals surface area contributed by atoms with Crippen molar-refractivity contribution in [3.63, 3.8) is 0 Å². The van der Waals surface area contributed by atoms with Gasteiger partial charge in [-0.1, -0.05) is 17.3 Å². The van der Waals surface area contributed by atoms with Crippen LogP contribution in [-0.2, 0) is 6.54 Å². The lowest BCUT2D eigenvalue weighted by molar-refractivity contribution is 0.220. The van der Waals surface area contributed by atoms with Crippen molar-refractivity contribution >= 4 is 0 Å². The zero-order chi connectivity index (χ0) is 13.1. The monoisotopic (exact) mass is 248 g/mol. The highest BCUT2D eigenvalue weighted by molar-refractivity contribution is 5.19. The van der Waals surface area contributed by atoms with Gasteiger partial charge in [0.05, 0.1) is 12.2 Å². The van der Waals surface area contributed by atoms with Gasteiger partial charge >= 0.3 is 0 Å². The van der Waals surface area contributed by atoms with E-state index in [1.54, 1.807) is 0 Å². The highest BCUT2D eigenvalue weighted by Crippen LogP contribution is 2.21. The summed E-state index contributed by atoms with van der Waals surface area (Å²) in [5.41, 5.74) is 1.96. The fourth-order valence-corrected chi connectivity index (χ4v) is 1.87. The molecule has 0 aliphatic carbocycles. The van der Waals surface area contributed by atoms with Crippen LogP contribution in [0.4, 0.5) is 4.39 Å². The first kappa shape index (κ1) is 12.8. The van der Waals surface area contributed by atoms with Crippen LogP contribution in [0.1, 0.15) is 30.0 Å². The smallest absolute Gasteiger partial charge is 0.150 e. The van der Waals surface area contributed by atoms with E-state index in [-0.39, 0.29) is 11.9 Å². The van der Waals surface area contributed by atoms with Gasteiger partial charge in [0.25, 0.3) is 0 Å². The molecule has 0 saturated heterocycles. The van der Waals surface area contributed by atoms with Crippen LogP contribution in [0, 0.1) is 12.7 Å². The lowest BCUT2D eigenvalue weighted by atomic mass is 10.1.